The molecule has 0 aromatic heterocycles. The van der Waals surface area contributed by atoms with Gasteiger partial charge >= 0.3 is 8.56 Å². The van der Waals surface area contributed by atoms with Crippen LogP contribution in [0.25, 0.3) is 22.7 Å². The third kappa shape index (κ3) is 8.80. The van der Waals surface area contributed by atoms with Crippen molar-refractivity contribution >= 4 is 31.2 Å². The molecular formula is C54H60O2Si. The molecule has 6 rings (SSSR count). The van der Waals surface area contributed by atoms with E-state index < -0.39 is 8.56 Å². The summed E-state index contributed by atoms with van der Waals surface area (Å²) < 4.78 is 15.3. The van der Waals surface area contributed by atoms with E-state index >= 15 is 0 Å². The summed E-state index contributed by atoms with van der Waals surface area (Å²) in [6.45, 7) is 31.0. The third-order valence-corrected chi connectivity index (χ3v) is 12.3. The Kier molecular flexibility index (Phi) is 12.0. The zero-order valence-corrected chi connectivity index (χ0v) is 37.7. The SMILES string of the molecule is Cc1cc(C)c(C(=C(O[Si](C)(C)OC(=C(c2c(C)cc(C)cc2C)c2c(C)cc(C)cc2C)c2ccccc2)c2ccccc2)c2c(C)cc(C)cc2C)c(C)c1. The quantitative estimate of drug-likeness (QED) is 0.0785. The first-order chi connectivity index (χ1) is 27.0. The van der Waals surface area contributed by atoms with Crippen LogP contribution in [0.1, 0.15) is 100 Å². The Hall–Kier alpha value is -5.38. The molecule has 0 aliphatic heterocycles. The Morgan fingerprint density at radius 3 is 0.754 bits per heavy atom. The summed E-state index contributed by atoms with van der Waals surface area (Å²) >= 11 is 0. The van der Waals surface area contributed by atoms with Crippen molar-refractivity contribution in [2.24, 2.45) is 0 Å². The second-order valence-corrected chi connectivity index (χ2v) is 20.0. The van der Waals surface area contributed by atoms with Crippen LogP contribution in [-0.2, 0) is 8.85 Å². The second kappa shape index (κ2) is 16.6. The van der Waals surface area contributed by atoms with Crippen molar-refractivity contribution in [2.75, 3.05) is 0 Å². The highest BCUT2D eigenvalue weighted by atomic mass is 28.4. The first-order valence-corrected chi connectivity index (χ1v) is 23.1. The van der Waals surface area contributed by atoms with Gasteiger partial charge in [0.25, 0.3) is 0 Å². The second-order valence-electron chi connectivity index (χ2n) is 16.8. The van der Waals surface area contributed by atoms with Gasteiger partial charge in [-0.1, -0.05) is 131 Å². The molecule has 2 nitrogen and oxygen atoms in total. The zero-order chi connectivity index (χ0) is 41.3. The minimum atomic E-state index is -3.15. The van der Waals surface area contributed by atoms with E-state index in [9.17, 15) is 0 Å². The van der Waals surface area contributed by atoms with Crippen LogP contribution in [0.15, 0.2) is 109 Å². The van der Waals surface area contributed by atoms with Crippen LogP contribution in [0.4, 0.5) is 0 Å². The van der Waals surface area contributed by atoms with E-state index in [2.05, 4.69) is 205 Å². The summed E-state index contributed by atoms with van der Waals surface area (Å²) in [5.41, 5.74) is 23.9. The Labute approximate surface area is 344 Å². The molecule has 0 radical (unpaired) electrons. The molecule has 6 aromatic carbocycles. The fourth-order valence-corrected chi connectivity index (χ4v) is 10.7. The van der Waals surface area contributed by atoms with Gasteiger partial charge in [0, 0.05) is 35.4 Å². The number of rotatable bonds is 10. The van der Waals surface area contributed by atoms with E-state index in [0.717, 1.165) is 33.8 Å². The fourth-order valence-electron chi connectivity index (χ4n) is 9.20. The summed E-state index contributed by atoms with van der Waals surface area (Å²) in [6.07, 6.45) is 0. The lowest BCUT2D eigenvalue weighted by Crippen LogP contribution is -2.34. The summed E-state index contributed by atoms with van der Waals surface area (Å²) in [5, 5.41) is 0. The van der Waals surface area contributed by atoms with Gasteiger partial charge in [-0.15, -0.1) is 0 Å². The molecule has 292 valence electrons. The van der Waals surface area contributed by atoms with Crippen LogP contribution < -0.4 is 0 Å². The highest BCUT2D eigenvalue weighted by molar-refractivity contribution is 6.66. The maximum Gasteiger partial charge on any atom is 0.454 e. The summed E-state index contributed by atoms with van der Waals surface area (Å²) in [5.74, 6) is 1.69. The number of benzene rings is 6. The predicted octanol–water partition coefficient (Wildman–Crippen LogP) is 14.7. The molecule has 57 heavy (non-hydrogen) atoms. The molecule has 0 fully saturated rings. The van der Waals surface area contributed by atoms with E-state index in [4.69, 9.17) is 8.85 Å². The molecule has 0 N–H and O–H groups in total. The van der Waals surface area contributed by atoms with E-state index in [-0.39, 0.29) is 0 Å². The first kappa shape index (κ1) is 41.3. The average molecular weight is 769 g/mol. The molecule has 0 amide bonds. The smallest absolute Gasteiger partial charge is 0.454 e. The molecule has 0 unspecified atom stereocenters. The summed E-state index contributed by atoms with van der Waals surface area (Å²) in [6, 6.07) is 39.6. The van der Waals surface area contributed by atoms with Crippen molar-refractivity contribution < 1.29 is 8.85 Å². The van der Waals surface area contributed by atoms with Gasteiger partial charge in [0.1, 0.15) is 11.5 Å². The van der Waals surface area contributed by atoms with Crippen LogP contribution in [0, 0.1) is 83.1 Å². The van der Waals surface area contributed by atoms with Crippen molar-refractivity contribution in [3.63, 3.8) is 0 Å². The number of hydrogen-bond acceptors (Lipinski definition) is 2. The molecule has 0 atom stereocenters. The van der Waals surface area contributed by atoms with Gasteiger partial charge in [-0.05, 0) is 150 Å². The molecule has 0 saturated heterocycles. The number of aryl methyl sites for hydroxylation is 12. The summed E-state index contributed by atoms with van der Waals surface area (Å²) in [7, 11) is -3.15. The van der Waals surface area contributed by atoms with Crippen LogP contribution in [0.2, 0.25) is 13.1 Å². The van der Waals surface area contributed by atoms with Crippen LogP contribution in [0.3, 0.4) is 0 Å². The molecule has 0 heterocycles. The topological polar surface area (TPSA) is 18.5 Å². The standard InChI is InChI=1S/C54H60O2Si/c1-33-25-37(5)47(38(6)26-33)51(48-39(7)27-34(2)28-40(48)8)53(45-21-17-15-18-22-45)55-57(13,14)56-54(46-23-19-16-20-24-46)52(49-41(9)29-35(3)30-42(49)10)50-43(11)31-36(4)32-44(50)12/h15-32H,1-14H3. The molecule has 0 bridgehead atoms. The van der Waals surface area contributed by atoms with E-state index in [1.807, 2.05) is 0 Å². The minimum absolute atomic E-state index is 0.844. The van der Waals surface area contributed by atoms with Gasteiger partial charge in [0.15, 0.2) is 0 Å². The molecule has 0 aliphatic carbocycles. The van der Waals surface area contributed by atoms with Gasteiger partial charge in [-0.25, -0.2) is 0 Å². The fraction of sp³-hybridized carbons (Fsp3) is 0.259. The predicted molar refractivity (Wildman–Crippen MR) is 247 cm³/mol. The lowest BCUT2D eigenvalue weighted by molar-refractivity contribution is 0.354. The zero-order valence-electron chi connectivity index (χ0n) is 36.7. The highest BCUT2D eigenvalue weighted by Gasteiger charge is 2.36. The molecular weight excluding hydrogens is 709 g/mol. The first-order valence-electron chi connectivity index (χ1n) is 20.3. The Balaban J connectivity index is 1.71. The lowest BCUT2D eigenvalue weighted by Gasteiger charge is -2.33. The average Bonchev–Trinajstić information content (AvgIpc) is 3.11. The van der Waals surface area contributed by atoms with Crippen LogP contribution >= 0.6 is 0 Å². The van der Waals surface area contributed by atoms with Gasteiger partial charge in [-0.3, -0.25) is 0 Å². The number of hydrogen-bond donors (Lipinski definition) is 0. The summed E-state index contributed by atoms with van der Waals surface area (Å²) in [4.78, 5) is 0. The minimum Gasteiger partial charge on any atom is -0.511 e. The Bertz CT molecular complexity index is 2150. The van der Waals surface area contributed by atoms with Crippen LogP contribution in [-0.4, -0.2) is 8.56 Å². The van der Waals surface area contributed by atoms with E-state index in [1.165, 1.54) is 89.0 Å². The maximum atomic E-state index is 7.67. The van der Waals surface area contributed by atoms with Gasteiger partial charge < -0.3 is 8.85 Å². The third-order valence-electron chi connectivity index (χ3n) is 10.9. The molecule has 0 saturated carbocycles. The van der Waals surface area contributed by atoms with Crippen molar-refractivity contribution in [2.45, 2.75) is 96.2 Å². The maximum absolute atomic E-state index is 7.67. The molecule has 0 spiro atoms. The van der Waals surface area contributed by atoms with Crippen molar-refractivity contribution in [3.05, 3.63) is 209 Å². The largest absolute Gasteiger partial charge is 0.511 e. The van der Waals surface area contributed by atoms with Crippen LogP contribution in [0.5, 0.6) is 0 Å². The van der Waals surface area contributed by atoms with Gasteiger partial charge in [-0.2, -0.15) is 0 Å². The Morgan fingerprint density at radius 1 is 0.333 bits per heavy atom. The van der Waals surface area contributed by atoms with Crippen molar-refractivity contribution in [3.8, 4) is 0 Å². The van der Waals surface area contributed by atoms with Crippen molar-refractivity contribution in [1.82, 2.24) is 0 Å². The van der Waals surface area contributed by atoms with Gasteiger partial charge in [0.05, 0.1) is 0 Å². The monoisotopic (exact) mass is 768 g/mol. The normalized spacial score (nSPS) is 11.3. The van der Waals surface area contributed by atoms with E-state index in [0.29, 0.717) is 0 Å². The highest BCUT2D eigenvalue weighted by Crippen LogP contribution is 2.44. The Morgan fingerprint density at radius 2 is 0.544 bits per heavy atom. The molecule has 3 heteroatoms. The molecule has 0 aliphatic rings. The van der Waals surface area contributed by atoms with Gasteiger partial charge in [0.2, 0.25) is 0 Å². The molecule has 6 aromatic rings. The van der Waals surface area contributed by atoms with Crippen molar-refractivity contribution in [1.29, 1.82) is 0 Å². The lowest BCUT2D eigenvalue weighted by atomic mass is 9.83. The van der Waals surface area contributed by atoms with E-state index in [1.54, 1.807) is 0 Å².